The Morgan fingerprint density at radius 2 is 1.96 bits per heavy atom. The molecule has 0 saturated carbocycles. The highest BCUT2D eigenvalue weighted by atomic mass is 19.1. The van der Waals surface area contributed by atoms with Gasteiger partial charge >= 0.3 is 0 Å². The summed E-state index contributed by atoms with van der Waals surface area (Å²) >= 11 is 0. The summed E-state index contributed by atoms with van der Waals surface area (Å²) in [5, 5.41) is 2.64. The number of morpholine rings is 1. The van der Waals surface area contributed by atoms with E-state index in [1.165, 1.54) is 18.2 Å². The largest absolute Gasteiger partial charge is 0.373 e. The molecule has 2 rings (SSSR count). The van der Waals surface area contributed by atoms with Gasteiger partial charge in [0.2, 0.25) is 5.91 Å². The Labute approximate surface area is 135 Å². The molecule has 0 aliphatic carbocycles. The van der Waals surface area contributed by atoms with Crippen molar-refractivity contribution in [3.63, 3.8) is 0 Å². The van der Waals surface area contributed by atoms with E-state index in [1.807, 2.05) is 18.7 Å². The monoisotopic (exact) mass is 324 g/mol. The average molecular weight is 324 g/mol. The Morgan fingerprint density at radius 3 is 2.48 bits per heavy atom. The van der Waals surface area contributed by atoms with Gasteiger partial charge in [-0.1, -0.05) is 12.6 Å². The van der Waals surface area contributed by atoms with Crippen LogP contribution in [0.2, 0.25) is 0 Å². The first kappa shape index (κ1) is 17.6. The predicted molar refractivity (Wildman–Crippen MR) is 83.9 cm³/mol. The van der Waals surface area contributed by atoms with Crippen molar-refractivity contribution in [1.29, 1.82) is 0 Å². The Hall–Kier alpha value is -1.79. The minimum Gasteiger partial charge on any atom is -0.373 e. The van der Waals surface area contributed by atoms with Gasteiger partial charge in [-0.15, -0.1) is 0 Å². The normalized spacial score (nSPS) is 23.3. The molecule has 1 aliphatic heterocycles. The van der Waals surface area contributed by atoms with Crippen molar-refractivity contribution in [2.45, 2.75) is 32.1 Å². The second kappa shape index (κ2) is 7.66. The molecule has 0 bridgehead atoms. The van der Waals surface area contributed by atoms with Gasteiger partial charge in [0.15, 0.2) is 0 Å². The maximum atomic E-state index is 14.2. The lowest BCUT2D eigenvalue weighted by Gasteiger charge is -2.40. The summed E-state index contributed by atoms with van der Waals surface area (Å²) in [5.41, 5.74) is -0.0295. The Bertz CT molecular complexity index is 549. The van der Waals surface area contributed by atoms with Crippen molar-refractivity contribution in [3.05, 3.63) is 48.1 Å². The van der Waals surface area contributed by atoms with E-state index in [2.05, 4.69) is 11.9 Å². The number of ether oxygens (including phenoxy) is 1. The van der Waals surface area contributed by atoms with E-state index < -0.39 is 17.7 Å². The molecule has 0 aromatic heterocycles. The maximum absolute atomic E-state index is 14.2. The summed E-state index contributed by atoms with van der Waals surface area (Å²) in [6.07, 6.45) is 1.04. The minimum atomic E-state index is -0.616. The van der Waals surface area contributed by atoms with Crippen LogP contribution in [0.3, 0.4) is 0 Å². The molecular formula is C17H22F2N2O2. The van der Waals surface area contributed by atoms with Crippen LogP contribution in [0.1, 0.15) is 25.5 Å². The standard InChI is InChI=1S/C17H22F2N2O2/c1-4-16(22)20-8-15(17-13(18)6-5-7-14(17)19)21-9-11(2)23-12(3)10-21/h4-7,11-12,15H,1,8-10H2,2-3H3,(H,20,22)/t11-,12-,15-/m1/s1. The highest BCUT2D eigenvalue weighted by molar-refractivity contribution is 5.86. The lowest BCUT2D eigenvalue weighted by Crippen LogP contribution is -2.49. The third-order valence-corrected chi connectivity index (χ3v) is 3.88. The van der Waals surface area contributed by atoms with Crippen LogP contribution in [0.5, 0.6) is 0 Å². The van der Waals surface area contributed by atoms with Crippen LogP contribution in [0.25, 0.3) is 0 Å². The summed E-state index contributed by atoms with van der Waals surface area (Å²) in [6.45, 7) is 8.39. The van der Waals surface area contributed by atoms with Gasteiger partial charge < -0.3 is 10.1 Å². The number of halogens is 2. The van der Waals surface area contributed by atoms with Gasteiger partial charge in [0.25, 0.3) is 0 Å². The summed E-state index contributed by atoms with van der Waals surface area (Å²) in [6, 6.07) is 3.19. The molecule has 1 amide bonds. The third-order valence-electron chi connectivity index (χ3n) is 3.88. The summed E-state index contributed by atoms with van der Waals surface area (Å²) in [4.78, 5) is 13.4. The molecule has 4 nitrogen and oxygen atoms in total. The molecule has 1 aromatic carbocycles. The molecule has 0 unspecified atom stereocenters. The number of benzene rings is 1. The van der Waals surface area contributed by atoms with E-state index in [0.29, 0.717) is 13.1 Å². The van der Waals surface area contributed by atoms with E-state index in [-0.39, 0.29) is 30.2 Å². The summed E-state index contributed by atoms with van der Waals surface area (Å²) in [5.74, 6) is -1.61. The first-order valence-electron chi connectivity index (χ1n) is 7.66. The number of amides is 1. The Morgan fingerprint density at radius 1 is 1.39 bits per heavy atom. The SMILES string of the molecule is C=CC(=O)NC[C@H](c1c(F)cccc1F)N1C[C@@H](C)O[C@H](C)C1. The molecule has 23 heavy (non-hydrogen) atoms. The van der Waals surface area contributed by atoms with Crippen LogP contribution >= 0.6 is 0 Å². The second-order valence-electron chi connectivity index (χ2n) is 5.81. The average Bonchev–Trinajstić information content (AvgIpc) is 2.48. The molecular weight excluding hydrogens is 302 g/mol. The molecule has 126 valence electrons. The van der Waals surface area contributed by atoms with Gasteiger partial charge in [0, 0.05) is 25.2 Å². The Balaban J connectivity index is 2.31. The molecule has 1 saturated heterocycles. The number of rotatable bonds is 5. The number of carbonyl (C=O) groups is 1. The first-order chi connectivity index (χ1) is 10.9. The molecule has 6 heteroatoms. The summed E-state index contributed by atoms with van der Waals surface area (Å²) < 4.78 is 34.1. The lowest BCUT2D eigenvalue weighted by atomic mass is 10.0. The first-order valence-corrected chi connectivity index (χ1v) is 7.66. The van der Waals surface area contributed by atoms with Gasteiger partial charge in [0.05, 0.1) is 18.2 Å². The van der Waals surface area contributed by atoms with Crippen molar-refractivity contribution < 1.29 is 18.3 Å². The zero-order chi connectivity index (χ0) is 17.0. The highest BCUT2D eigenvalue weighted by Crippen LogP contribution is 2.28. The van der Waals surface area contributed by atoms with Crippen LogP contribution < -0.4 is 5.32 Å². The van der Waals surface area contributed by atoms with Gasteiger partial charge in [-0.2, -0.15) is 0 Å². The van der Waals surface area contributed by atoms with Crippen LogP contribution in [-0.2, 0) is 9.53 Å². The van der Waals surface area contributed by atoms with E-state index in [0.717, 1.165) is 6.08 Å². The number of hydrogen-bond donors (Lipinski definition) is 1. The molecule has 1 N–H and O–H groups in total. The van der Waals surface area contributed by atoms with Crippen LogP contribution in [0.15, 0.2) is 30.9 Å². The zero-order valence-corrected chi connectivity index (χ0v) is 13.4. The quantitative estimate of drug-likeness (QED) is 0.846. The number of nitrogens with zero attached hydrogens (tertiary/aromatic N) is 1. The number of nitrogens with one attached hydrogen (secondary N) is 1. The van der Waals surface area contributed by atoms with Crippen LogP contribution in [0, 0.1) is 11.6 Å². The van der Waals surface area contributed by atoms with Gasteiger partial charge in [-0.05, 0) is 32.1 Å². The van der Waals surface area contributed by atoms with Gasteiger partial charge in [-0.3, -0.25) is 9.69 Å². The third kappa shape index (κ3) is 4.36. The van der Waals surface area contributed by atoms with Crippen molar-refractivity contribution in [2.75, 3.05) is 19.6 Å². The zero-order valence-electron chi connectivity index (χ0n) is 13.4. The Kier molecular flexibility index (Phi) is 5.85. The minimum absolute atomic E-state index is 0.0295. The molecule has 1 aromatic rings. The van der Waals surface area contributed by atoms with E-state index in [9.17, 15) is 13.6 Å². The maximum Gasteiger partial charge on any atom is 0.243 e. The lowest BCUT2D eigenvalue weighted by molar-refractivity contribution is -0.117. The number of carbonyl (C=O) groups excluding carboxylic acids is 1. The highest BCUT2D eigenvalue weighted by Gasteiger charge is 2.32. The van der Waals surface area contributed by atoms with Gasteiger partial charge in [0.1, 0.15) is 11.6 Å². The fourth-order valence-electron chi connectivity index (χ4n) is 2.98. The predicted octanol–water partition coefficient (Wildman–Crippen LogP) is 2.42. The topological polar surface area (TPSA) is 41.6 Å². The fraction of sp³-hybridized carbons (Fsp3) is 0.471. The van der Waals surface area contributed by atoms with E-state index in [4.69, 9.17) is 4.74 Å². The molecule has 1 fully saturated rings. The molecule has 0 spiro atoms. The smallest absolute Gasteiger partial charge is 0.243 e. The molecule has 1 aliphatic rings. The van der Waals surface area contributed by atoms with Crippen molar-refractivity contribution in [1.82, 2.24) is 10.2 Å². The van der Waals surface area contributed by atoms with Crippen molar-refractivity contribution in [2.24, 2.45) is 0 Å². The van der Waals surface area contributed by atoms with Crippen LogP contribution in [0.4, 0.5) is 8.78 Å². The number of hydrogen-bond acceptors (Lipinski definition) is 3. The molecule has 1 heterocycles. The van der Waals surface area contributed by atoms with Gasteiger partial charge in [-0.25, -0.2) is 8.78 Å². The van der Waals surface area contributed by atoms with Crippen molar-refractivity contribution in [3.8, 4) is 0 Å². The van der Waals surface area contributed by atoms with Crippen LogP contribution in [-0.4, -0.2) is 42.6 Å². The summed E-state index contributed by atoms with van der Waals surface area (Å²) in [7, 11) is 0. The van der Waals surface area contributed by atoms with Crippen molar-refractivity contribution >= 4 is 5.91 Å². The second-order valence-corrected chi connectivity index (χ2v) is 5.81. The van der Waals surface area contributed by atoms with E-state index >= 15 is 0 Å². The van der Waals surface area contributed by atoms with E-state index in [1.54, 1.807) is 0 Å². The molecule has 3 atom stereocenters. The fourth-order valence-corrected chi connectivity index (χ4v) is 2.98. The molecule has 0 radical (unpaired) electrons.